The SMILES string of the molecule is CC(=O)NC(C)(C)c1noc(CC(C)=C(C)C)n1. The molecule has 1 aromatic heterocycles. The summed E-state index contributed by atoms with van der Waals surface area (Å²) in [4.78, 5) is 15.4. The van der Waals surface area contributed by atoms with Crippen molar-refractivity contribution < 1.29 is 9.32 Å². The van der Waals surface area contributed by atoms with E-state index in [0.717, 1.165) is 0 Å². The third kappa shape index (κ3) is 3.68. The molecule has 0 aliphatic heterocycles. The van der Waals surface area contributed by atoms with Crippen LogP contribution in [0.5, 0.6) is 0 Å². The van der Waals surface area contributed by atoms with Gasteiger partial charge in [0.1, 0.15) is 0 Å². The van der Waals surface area contributed by atoms with Gasteiger partial charge in [-0.25, -0.2) is 0 Å². The van der Waals surface area contributed by atoms with Gasteiger partial charge in [-0.2, -0.15) is 4.98 Å². The van der Waals surface area contributed by atoms with Crippen molar-refractivity contribution in [1.82, 2.24) is 15.5 Å². The molecule has 1 heterocycles. The van der Waals surface area contributed by atoms with E-state index in [4.69, 9.17) is 4.52 Å². The van der Waals surface area contributed by atoms with E-state index in [1.807, 2.05) is 34.6 Å². The lowest BCUT2D eigenvalue weighted by atomic mass is 10.1. The molecule has 5 nitrogen and oxygen atoms in total. The highest BCUT2D eigenvalue weighted by Gasteiger charge is 2.27. The number of aromatic nitrogens is 2. The van der Waals surface area contributed by atoms with Crippen molar-refractivity contribution in [3.05, 3.63) is 22.9 Å². The highest BCUT2D eigenvalue weighted by atomic mass is 16.5. The van der Waals surface area contributed by atoms with Crippen LogP contribution >= 0.6 is 0 Å². The van der Waals surface area contributed by atoms with Gasteiger partial charge in [0.05, 0.1) is 5.54 Å². The Balaban J connectivity index is 2.86. The average Bonchev–Trinajstić information content (AvgIpc) is 2.64. The zero-order valence-electron chi connectivity index (χ0n) is 11.9. The molecule has 0 fully saturated rings. The summed E-state index contributed by atoms with van der Waals surface area (Å²) in [6.45, 7) is 11.3. The van der Waals surface area contributed by atoms with Gasteiger partial charge in [-0.15, -0.1) is 0 Å². The smallest absolute Gasteiger partial charge is 0.230 e. The quantitative estimate of drug-likeness (QED) is 0.834. The molecule has 0 spiro atoms. The lowest BCUT2D eigenvalue weighted by Gasteiger charge is -2.20. The van der Waals surface area contributed by atoms with Crippen molar-refractivity contribution in [2.24, 2.45) is 0 Å². The second-order valence-electron chi connectivity index (χ2n) is 5.28. The number of carbonyl (C=O) groups excluding carboxylic acids is 1. The zero-order valence-corrected chi connectivity index (χ0v) is 11.9. The first-order valence-corrected chi connectivity index (χ1v) is 5.97. The van der Waals surface area contributed by atoms with Crippen molar-refractivity contribution in [3.63, 3.8) is 0 Å². The third-order valence-electron chi connectivity index (χ3n) is 2.79. The van der Waals surface area contributed by atoms with Crippen molar-refractivity contribution in [3.8, 4) is 0 Å². The number of hydrogen-bond acceptors (Lipinski definition) is 4. The molecule has 0 radical (unpaired) electrons. The van der Waals surface area contributed by atoms with Crippen LogP contribution in [0.25, 0.3) is 0 Å². The van der Waals surface area contributed by atoms with Crippen molar-refractivity contribution in [2.45, 2.75) is 53.5 Å². The maximum atomic E-state index is 11.1. The highest BCUT2D eigenvalue weighted by molar-refractivity contribution is 5.73. The Labute approximate surface area is 108 Å². The predicted molar refractivity (Wildman–Crippen MR) is 68.9 cm³/mol. The van der Waals surface area contributed by atoms with E-state index in [0.29, 0.717) is 18.1 Å². The lowest BCUT2D eigenvalue weighted by Crippen LogP contribution is -2.40. The van der Waals surface area contributed by atoms with Crippen LogP contribution in [0.3, 0.4) is 0 Å². The Morgan fingerprint density at radius 2 is 1.89 bits per heavy atom. The summed E-state index contributed by atoms with van der Waals surface area (Å²) in [7, 11) is 0. The zero-order chi connectivity index (χ0) is 13.9. The highest BCUT2D eigenvalue weighted by Crippen LogP contribution is 2.18. The van der Waals surface area contributed by atoms with Gasteiger partial charge in [-0.05, 0) is 34.6 Å². The van der Waals surface area contributed by atoms with Gasteiger partial charge in [-0.1, -0.05) is 16.3 Å². The van der Waals surface area contributed by atoms with Crippen LogP contribution in [-0.2, 0) is 16.8 Å². The van der Waals surface area contributed by atoms with Crippen LogP contribution in [-0.4, -0.2) is 16.0 Å². The minimum Gasteiger partial charge on any atom is -0.344 e. The number of amides is 1. The van der Waals surface area contributed by atoms with Gasteiger partial charge in [-0.3, -0.25) is 4.79 Å². The van der Waals surface area contributed by atoms with E-state index in [2.05, 4.69) is 15.5 Å². The molecule has 5 heteroatoms. The fourth-order valence-corrected chi connectivity index (χ4v) is 1.48. The molecule has 0 bridgehead atoms. The first-order chi connectivity index (χ1) is 8.22. The molecule has 1 amide bonds. The molecule has 0 aromatic carbocycles. The van der Waals surface area contributed by atoms with E-state index >= 15 is 0 Å². The van der Waals surface area contributed by atoms with Crippen LogP contribution in [0.1, 0.15) is 53.3 Å². The van der Waals surface area contributed by atoms with Crippen LogP contribution < -0.4 is 5.32 Å². The monoisotopic (exact) mass is 251 g/mol. The molecule has 1 N–H and O–H groups in total. The summed E-state index contributed by atoms with van der Waals surface area (Å²) >= 11 is 0. The maximum Gasteiger partial charge on any atom is 0.230 e. The summed E-state index contributed by atoms with van der Waals surface area (Å²) < 4.78 is 5.21. The van der Waals surface area contributed by atoms with Crippen molar-refractivity contribution >= 4 is 5.91 Å². The van der Waals surface area contributed by atoms with Crippen molar-refractivity contribution in [1.29, 1.82) is 0 Å². The Hall–Kier alpha value is -1.65. The predicted octanol–water partition coefficient (Wildman–Crippen LogP) is 2.34. The summed E-state index contributed by atoms with van der Waals surface area (Å²) in [6, 6.07) is 0. The molecule has 1 aromatic rings. The lowest BCUT2D eigenvalue weighted by molar-refractivity contribution is -0.120. The second-order valence-corrected chi connectivity index (χ2v) is 5.28. The maximum absolute atomic E-state index is 11.1. The number of nitrogens with one attached hydrogen (secondary N) is 1. The molecule has 0 aliphatic carbocycles. The van der Waals surface area contributed by atoms with Gasteiger partial charge in [0, 0.05) is 13.3 Å². The molecule has 0 aliphatic rings. The molecule has 0 saturated heterocycles. The van der Waals surface area contributed by atoms with E-state index in [9.17, 15) is 4.79 Å². The van der Waals surface area contributed by atoms with Crippen LogP contribution in [0.15, 0.2) is 15.7 Å². The second kappa shape index (κ2) is 5.33. The number of nitrogens with zero attached hydrogens (tertiary/aromatic N) is 2. The largest absolute Gasteiger partial charge is 0.344 e. The summed E-state index contributed by atoms with van der Waals surface area (Å²) in [5.74, 6) is 0.947. The third-order valence-corrected chi connectivity index (χ3v) is 2.79. The summed E-state index contributed by atoms with van der Waals surface area (Å²) in [5, 5.41) is 6.72. The Kier molecular flexibility index (Phi) is 4.27. The number of rotatable bonds is 4. The molecule has 1 rings (SSSR count). The fourth-order valence-electron chi connectivity index (χ4n) is 1.48. The van der Waals surface area contributed by atoms with Gasteiger partial charge in [0.2, 0.25) is 11.8 Å². The first kappa shape index (κ1) is 14.4. The number of carbonyl (C=O) groups is 1. The van der Waals surface area contributed by atoms with E-state index in [1.165, 1.54) is 18.1 Å². The summed E-state index contributed by atoms with van der Waals surface area (Å²) in [5.41, 5.74) is 1.84. The number of hydrogen-bond donors (Lipinski definition) is 1. The fraction of sp³-hybridized carbons (Fsp3) is 0.615. The normalized spacial score (nSPS) is 11.2. The van der Waals surface area contributed by atoms with Gasteiger partial charge >= 0.3 is 0 Å². The average molecular weight is 251 g/mol. The van der Waals surface area contributed by atoms with Gasteiger partial charge in [0.25, 0.3) is 0 Å². The molecular weight excluding hydrogens is 230 g/mol. The molecule has 0 unspecified atom stereocenters. The van der Waals surface area contributed by atoms with E-state index < -0.39 is 5.54 Å². The standard InChI is InChI=1S/C13H21N3O2/c1-8(2)9(3)7-11-14-12(16-18-11)13(5,6)15-10(4)17/h7H2,1-6H3,(H,15,17). The Bertz CT molecular complexity index is 468. The first-order valence-electron chi connectivity index (χ1n) is 5.97. The summed E-state index contributed by atoms with van der Waals surface area (Å²) in [6.07, 6.45) is 0.644. The molecule has 18 heavy (non-hydrogen) atoms. The molecule has 0 atom stereocenters. The van der Waals surface area contributed by atoms with Crippen LogP contribution in [0, 0.1) is 0 Å². The van der Waals surface area contributed by atoms with Gasteiger partial charge < -0.3 is 9.84 Å². The van der Waals surface area contributed by atoms with Crippen LogP contribution in [0.4, 0.5) is 0 Å². The minimum atomic E-state index is -0.619. The number of allylic oxidation sites excluding steroid dienone is 2. The molecule has 0 saturated carbocycles. The molecular formula is C13H21N3O2. The van der Waals surface area contributed by atoms with Crippen LogP contribution in [0.2, 0.25) is 0 Å². The van der Waals surface area contributed by atoms with Crippen molar-refractivity contribution in [2.75, 3.05) is 0 Å². The van der Waals surface area contributed by atoms with E-state index in [-0.39, 0.29) is 5.91 Å². The molecule has 100 valence electrons. The Morgan fingerprint density at radius 1 is 1.28 bits per heavy atom. The Morgan fingerprint density at radius 3 is 2.39 bits per heavy atom. The topological polar surface area (TPSA) is 68.0 Å². The van der Waals surface area contributed by atoms with E-state index in [1.54, 1.807) is 0 Å². The minimum absolute atomic E-state index is 0.119. The van der Waals surface area contributed by atoms with Gasteiger partial charge in [0.15, 0.2) is 5.82 Å².